The smallest absolute Gasteiger partial charge is 0.339 e. The van der Waals surface area contributed by atoms with Crippen LogP contribution in [0.5, 0.6) is 0 Å². The highest BCUT2D eigenvalue weighted by Gasteiger charge is 2.18. The minimum Gasteiger partial charge on any atom is -0.425 e. The Morgan fingerprint density at radius 2 is 1.13 bits per heavy atom. The van der Waals surface area contributed by atoms with Crippen LogP contribution >= 0.6 is 0 Å². The second kappa shape index (κ2) is 7.02. The highest BCUT2D eigenvalue weighted by molar-refractivity contribution is 5.93. The van der Waals surface area contributed by atoms with Crippen LogP contribution in [0, 0.1) is 0 Å². The fourth-order valence-corrected chi connectivity index (χ4v) is 3.62. The molecule has 0 saturated carbocycles. The van der Waals surface area contributed by atoms with E-state index in [1.54, 1.807) is 0 Å². The predicted molar refractivity (Wildman–Crippen MR) is 123 cm³/mol. The van der Waals surface area contributed by atoms with E-state index in [1.807, 2.05) is 18.2 Å². The Morgan fingerprint density at radius 3 is 1.63 bits per heavy atom. The molecule has 2 heterocycles. The van der Waals surface area contributed by atoms with Gasteiger partial charge in [0, 0.05) is 17.2 Å². The van der Waals surface area contributed by atoms with E-state index in [4.69, 9.17) is 8.83 Å². The zero-order chi connectivity index (χ0) is 21.7. The van der Waals surface area contributed by atoms with Gasteiger partial charge in [0.15, 0.2) is 0 Å². The summed E-state index contributed by atoms with van der Waals surface area (Å²) in [6.07, 6.45) is 0. The van der Waals surface area contributed by atoms with E-state index in [2.05, 4.69) is 77.9 Å². The molecule has 2 aromatic heterocycles. The molecule has 0 unspecified atom stereocenters. The van der Waals surface area contributed by atoms with E-state index in [0.717, 1.165) is 22.1 Å². The summed E-state index contributed by atoms with van der Waals surface area (Å²) in [6, 6.07) is 20.2. The lowest BCUT2D eigenvalue weighted by atomic mass is 9.86. The van der Waals surface area contributed by atoms with E-state index in [0.29, 0.717) is 5.76 Å². The Kier molecular flexibility index (Phi) is 4.73. The molecule has 3 heteroatoms. The highest BCUT2D eigenvalue weighted by atomic mass is 16.5. The van der Waals surface area contributed by atoms with Crippen molar-refractivity contribution < 1.29 is 8.83 Å². The van der Waals surface area contributed by atoms with E-state index in [1.165, 1.54) is 17.2 Å². The summed E-state index contributed by atoms with van der Waals surface area (Å²) in [5, 5.41) is 0.799. The molecule has 0 atom stereocenters. The maximum Gasteiger partial charge on any atom is 0.339 e. The summed E-state index contributed by atoms with van der Waals surface area (Å²) >= 11 is 0. The van der Waals surface area contributed by atoms with Crippen molar-refractivity contribution in [2.75, 3.05) is 0 Å². The van der Waals surface area contributed by atoms with Gasteiger partial charge in [0.05, 0.1) is 5.39 Å². The summed E-state index contributed by atoms with van der Waals surface area (Å²) in [6.45, 7) is 13.1. The first-order valence-corrected chi connectivity index (χ1v) is 10.3. The third-order valence-corrected chi connectivity index (χ3v) is 5.54. The molecule has 0 aliphatic rings. The van der Waals surface area contributed by atoms with E-state index >= 15 is 0 Å². The van der Waals surface area contributed by atoms with Crippen LogP contribution in [0.4, 0.5) is 0 Å². The van der Waals surface area contributed by atoms with Gasteiger partial charge in [0.25, 0.3) is 0 Å². The maximum atomic E-state index is 12.2. The molecule has 0 bridgehead atoms. The van der Waals surface area contributed by atoms with Gasteiger partial charge in [-0.05, 0) is 33.6 Å². The SMILES string of the molecule is CC(C)(C)c1ccc(-c2cc3c(-c4ccc(C(C)(C)C)cc4)cc(=O)oc3o2)cc1. The third kappa shape index (κ3) is 3.85. The molecule has 0 fully saturated rings. The molecule has 0 amide bonds. The quantitative estimate of drug-likeness (QED) is 0.354. The van der Waals surface area contributed by atoms with Crippen LogP contribution in [0.1, 0.15) is 52.7 Å². The lowest BCUT2D eigenvalue weighted by molar-refractivity contribution is 0.456. The van der Waals surface area contributed by atoms with Crippen LogP contribution < -0.4 is 5.63 Å². The molecule has 4 rings (SSSR count). The average molecular weight is 401 g/mol. The molecule has 0 radical (unpaired) electrons. The van der Waals surface area contributed by atoms with Crippen LogP contribution in [0.3, 0.4) is 0 Å². The van der Waals surface area contributed by atoms with Crippen LogP contribution in [-0.2, 0) is 10.8 Å². The minimum absolute atomic E-state index is 0.0750. The molecule has 3 nitrogen and oxygen atoms in total. The highest BCUT2D eigenvalue weighted by Crippen LogP contribution is 2.35. The van der Waals surface area contributed by atoms with E-state index < -0.39 is 5.63 Å². The molecule has 2 aromatic carbocycles. The summed E-state index contributed by atoms with van der Waals surface area (Å²) in [5.41, 5.74) is 5.00. The molecule has 0 saturated heterocycles. The first-order chi connectivity index (χ1) is 14.0. The van der Waals surface area contributed by atoms with Crippen molar-refractivity contribution >= 4 is 11.2 Å². The number of fused-ring (bicyclic) bond motifs is 1. The van der Waals surface area contributed by atoms with Crippen molar-refractivity contribution in [3.8, 4) is 22.5 Å². The van der Waals surface area contributed by atoms with Crippen LogP contribution in [0.15, 0.2) is 74.3 Å². The van der Waals surface area contributed by atoms with E-state index in [-0.39, 0.29) is 16.6 Å². The summed E-state index contributed by atoms with van der Waals surface area (Å²) in [5.74, 6) is 0.944. The lowest BCUT2D eigenvalue weighted by Crippen LogP contribution is -2.10. The van der Waals surface area contributed by atoms with Gasteiger partial charge in [-0.15, -0.1) is 0 Å². The van der Waals surface area contributed by atoms with Crippen molar-refractivity contribution in [2.24, 2.45) is 0 Å². The van der Waals surface area contributed by atoms with Crippen molar-refractivity contribution in [1.82, 2.24) is 0 Å². The van der Waals surface area contributed by atoms with Crippen LogP contribution in [-0.4, -0.2) is 0 Å². The van der Waals surface area contributed by atoms with Crippen LogP contribution in [0.25, 0.3) is 33.6 Å². The molecule has 30 heavy (non-hydrogen) atoms. The van der Waals surface area contributed by atoms with Gasteiger partial charge in [-0.1, -0.05) is 90.1 Å². The standard InChI is InChI=1S/C27H28O3/c1-26(2,3)19-11-7-17(8-12-19)21-16-24(28)30-25-22(21)15-23(29-25)18-9-13-20(14-10-18)27(4,5)6/h7-16H,1-6H3. The predicted octanol–water partition coefficient (Wildman–Crippen LogP) is 7.32. The summed E-state index contributed by atoms with van der Waals surface area (Å²) in [4.78, 5) is 12.2. The van der Waals surface area contributed by atoms with Gasteiger partial charge < -0.3 is 8.83 Å². The molecule has 0 aliphatic heterocycles. The van der Waals surface area contributed by atoms with Crippen molar-refractivity contribution in [3.05, 3.63) is 82.2 Å². The zero-order valence-electron chi connectivity index (χ0n) is 18.5. The second-order valence-electron chi connectivity index (χ2n) is 9.95. The Morgan fingerprint density at radius 1 is 0.633 bits per heavy atom. The zero-order valence-corrected chi connectivity index (χ0v) is 18.5. The molecule has 0 aliphatic carbocycles. The lowest BCUT2D eigenvalue weighted by Gasteiger charge is -2.19. The topological polar surface area (TPSA) is 43.4 Å². The molecular formula is C27H28O3. The first kappa shape index (κ1) is 20.2. The normalized spacial score (nSPS) is 12.5. The average Bonchev–Trinajstić information content (AvgIpc) is 3.10. The maximum absolute atomic E-state index is 12.2. The second-order valence-corrected chi connectivity index (χ2v) is 9.95. The number of hydrogen-bond acceptors (Lipinski definition) is 3. The van der Waals surface area contributed by atoms with E-state index in [9.17, 15) is 4.79 Å². The fraction of sp³-hybridized carbons (Fsp3) is 0.296. The number of rotatable bonds is 2. The van der Waals surface area contributed by atoms with Gasteiger partial charge in [0.1, 0.15) is 5.76 Å². The molecule has 4 aromatic rings. The van der Waals surface area contributed by atoms with Crippen molar-refractivity contribution in [2.45, 2.75) is 52.4 Å². The van der Waals surface area contributed by atoms with Crippen molar-refractivity contribution in [1.29, 1.82) is 0 Å². The van der Waals surface area contributed by atoms with Crippen molar-refractivity contribution in [3.63, 3.8) is 0 Å². The third-order valence-electron chi connectivity index (χ3n) is 5.54. The molecule has 0 N–H and O–H groups in total. The Labute approximate surface area is 177 Å². The van der Waals surface area contributed by atoms with Gasteiger partial charge in [-0.3, -0.25) is 0 Å². The Balaban J connectivity index is 1.80. The molecule has 0 spiro atoms. The monoisotopic (exact) mass is 400 g/mol. The van der Waals surface area contributed by atoms with Gasteiger partial charge in [-0.2, -0.15) is 0 Å². The molecular weight excluding hydrogens is 372 g/mol. The minimum atomic E-state index is -0.415. The Hall–Kier alpha value is -3.07. The van der Waals surface area contributed by atoms with Gasteiger partial charge >= 0.3 is 11.4 Å². The Bertz CT molecular complexity index is 1240. The number of benzene rings is 2. The summed E-state index contributed by atoms with van der Waals surface area (Å²) in [7, 11) is 0. The fourth-order valence-electron chi connectivity index (χ4n) is 3.62. The summed E-state index contributed by atoms with van der Waals surface area (Å²) < 4.78 is 11.3. The van der Waals surface area contributed by atoms with Gasteiger partial charge in [0.2, 0.25) is 0 Å². The molecule has 154 valence electrons. The van der Waals surface area contributed by atoms with Crippen LogP contribution in [0.2, 0.25) is 0 Å². The largest absolute Gasteiger partial charge is 0.425 e. The van der Waals surface area contributed by atoms with Gasteiger partial charge in [-0.25, -0.2) is 4.79 Å². The number of hydrogen-bond donors (Lipinski definition) is 0. The number of furan rings is 1. The first-order valence-electron chi connectivity index (χ1n) is 10.3.